The smallest absolute Gasteiger partial charge is 1.00 e. The molecule has 0 fully saturated rings. The molecule has 1 aromatic rings. The van der Waals surface area contributed by atoms with Gasteiger partial charge in [0.1, 0.15) is 0 Å². The van der Waals surface area contributed by atoms with Crippen LogP contribution in [0.1, 0.15) is 38.3 Å². The van der Waals surface area contributed by atoms with Gasteiger partial charge in [-0.2, -0.15) is 18.6 Å². The SMILES string of the molecule is CC(C)(C)[NH-].[CH2-]c1ccccc1C1=CC(CN(C)C)=CC1.[Cl-].[Cl-].[Ti+2]. The molecule has 134 valence electrons. The fourth-order valence-corrected chi connectivity index (χ4v) is 2.08. The number of rotatable bonds is 3. The molecule has 0 atom stereocenters. The Hall–Kier alpha value is -0.216. The zero-order chi connectivity index (χ0) is 16.0. The quantitative estimate of drug-likeness (QED) is 0.470. The monoisotopic (exact) mass is 402 g/mol. The molecule has 24 heavy (non-hydrogen) atoms. The van der Waals surface area contributed by atoms with Gasteiger partial charge in [-0.15, -0.1) is 23.2 Å². The Kier molecular flexibility index (Phi) is 15.5. The Labute approximate surface area is 175 Å². The molecular formula is C19H28Cl2N2Ti-2. The van der Waals surface area contributed by atoms with Gasteiger partial charge in [-0.3, -0.25) is 0 Å². The van der Waals surface area contributed by atoms with Crippen LogP contribution in [0.5, 0.6) is 0 Å². The van der Waals surface area contributed by atoms with E-state index in [2.05, 4.69) is 56.3 Å². The molecular weight excluding hydrogens is 375 g/mol. The van der Waals surface area contributed by atoms with E-state index in [-0.39, 0.29) is 52.1 Å². The van der Waals surface area contributed by atoms with E-state index in [0.717, 1.165) is 18.5 Å². The van der Waals surface area contributed by atoms with Crippen LogP contribution in [0.3, 0.4) is 0 Å². The van der Waals surface area contributed by atoms with Crippen LogP contribution in [-0.2, 0) is 21.7 Å². The van der Waals surface area contributed by atoms with Crippen molar-refractivity contribution in [3.63, 3.8) is 0 Å². The Balaban J connectivity index is -0.000000490. The molecule has 0 saturated carbocycles. The third-order valence-corrected chi connectivity index (χ3v) is 2.81. The summed E-state index contributed by atoms with van der Waals surface area (Å²) < 4.78 is 0. The van der Waals surface area contributed by atoms with E-state index >= 15 is 0 Å². The molecule has 1 aliphatic rings. The summed E-state index contributed by atoms with van der Waals surface area (Å²) in [5.74, 6) is 0. The third kappa shape index (κ3) is 12.2. The van der Waals surface area contributed by atoms with Crippen molar-refractivity contribution in [2.45, 2.75) is 32.7 Å². The number of halogens is 2. The van der Waals surface area contributed by atoms with Gasteiger partial charge in [-0.25, -0.2) is 0 Å². The van der Waals surface area contributed by atoms with Crippen molar-refractivity contribution >= 4 is 5.57 Å². The topological polar surface area (TPSA) is 27.0 Å². The number of benzene rings is 1. The minimum atomic E-state index is -0.250. The van der Waals surface area contributed by atoms with Crippen molar-refractivity contribution in [3.05, 3.63) is 65.8 Å². The van der Waals surface area contributed by atoms with E-state index in [4.69, 9.17) is 5.73 Å². The number of nitrogens with zero attached hydrogens (tertiary/aromatic N) is 1. The summed E-state index contributed by atoms with van der Waals surface area (Å²) in [5, 5.41) is 0. The fraction of sp³-hybridized carbons (Fsp3) is 0.421. The summed E-state index contributed by atoms with van der Waals surface area (Å²) >= 11 is 0. The molecule has 0 amide bonds. The Morgan fingerprint density at radius 2 is 1.62 bits per heavy atom. The van der Waals surface area contributed by atoms with Gasteiger partial charge < -0.3 is 35.4 Å². The van der Waals surface area contributed by atoms with Crippen LogP contribution in [0.2, 0.25) is 0 Å². The van der Waals surface area contributed by atoms with E-state index in [1.165, 1.54) is 16.7 Å². The first kappa shape index (κ1) is 28.6. The van der Waals surface area contributed by atoms with Crippen LogP contribution in [0.25, 0.3) is 11.3 Å². The van der Waals surface area contributed by atoms with Crippen molar-refractivity contribution < 1.29 is 46.5 Å². The van der Waals surface area contributed by atoms with Crippen molar-refractivity contribution in [3.8, 4) is 0 Å². The molecule has 2 rings (SSSR count). The number of hydrogen-bond acceptors (Lipinski definition) is 1. The normalized spacial score (nSPS) is 12.6. The van der Waals surface area contributed by atoms with E-state index in [9.17, 15) is 0 Å². The van der Waals surface area contributed by atoms with E-state index < -0.39 is 0 Å². The molecule has 0 aromatic heterocycles. The van der Waals surface area contributed by atoms with Gasteiger partial charge in [0, 0.05) is 6.54 Å². The number of nitrogens with one attached hydrogen (secondary N) is 1. The van der Waals surface area contributed by atoms with Gasteiger partial charge in [0.15, 0.2) is 0 Å². The van der Waals surface area contributed by atoms with Crippen molar-refractivity contribution in [1.29, 1.82) is 0 Å². The van der Waals surface area contributed by atoms with E-state index in [1.54, 1.807) is 0 Å². The molecule has 0 saturated heterocycles. The van der Waals surface area contributed by atoms with Gasteiger partial charge in [0.2, 0.25) is 0 Å². The van der Waals surface area contributed by atoms with Gasteiger partial charge in [-0.05, 0) is 26.1 Å². The molecule has 1 aliphatic carbocycles. The van der Waals surface area contributed by atoms with Crippen molar-refractivity contribution in [2.24, 2.45) is 0 Å². The van der Waals surface area contributed by atoms with E-state index in [1.807, 2.05) is 26.8 Å². The van der Waals surface area contributed by atoms with Gasteiger partial charge in [0.05, 0.1) is 0 Å². The average Bonchev–Trinajstić information content (AvgIpc) is 2.74. The molecule has 5 heteroatoms. The average molecular weight is 403 g/mol. The maximum Gasteiger partial charge on any atom is 2.00 e. The summed E-state index contributed by atoms with van der Waals surface area (Å²) in [6.07, 6.45) is 5.64. The van der Waals surface area contributed by atoms with Crippen LogP contribution in [0, 0.1) is 6.92 Å². The standard InChI is InChI=1S/C15H18N.C4H10N.2ClH.Ti/c1-12-6-4-5-7-15(12)14-9-8-13(10-14)11-16(2)3;1-4(2,3)5;;;/h4-8,10H,1,9,11H2,2-3H3;5H,1-3H3;2*1H;/q2*-1;;;+2/p-2. The molecule has 0 bridgehead atoms. The molecule has 1 N–H and O–H groups in total. The van der Waals surface area contributed by atoms with Crippen LogP contribution in [0.4, 0.5) is 0 Å². The van der Waals surface area contributed by atoms with Crippen molar-refractivity contribution in [2.75, 3.05) is 20.6 Å². The largest absolute Gasteiger partial charge is 2.00 e. The summed E-state index contributed by atoms with van der Waals surface area (Å²) in [7, 11) is 4.20. The molecule has 1 aromatic carbocycles. The third-order valence-electron chi connectivity index (χ3n) is 2.81. The predicted molar refractivity (Wildman–Crippen MR) is 94.2 cm³/mol. The molecule has 2 nitrogen and oxygen atoms in total. The maximum absolute atomic E-state index is 6.94. The molecule has 0 aliphatic heterocycles. The van der Waals surface area contributed by atoms with Gasteiger partial charge >= 0.3 is 21.7 Å². The zero-order valence-corrected chi connectivity index (χ0v) is 18.4. The Morgan fingerprint density at radius 1 is 1.12 bits per heavy atom. The minimum Gasteiger partial charge on any atom is -1.00 e. The van der Waals surface area contributed by atoms with Gasteiger partial charge in [0.25, 0.3) is 0 Å². The van der Waals surface area contributed by atoms with Crippen LogP contribution in [-0.4, -0.2) is 31.1 Å². The number of hydrogen-bond donors (Lipinski definition) is 0. The van der Waals surface area contributed by atoms with Crippen LogP contribution >= 0.6 is 0 Å². The Morgan fingerprint density at radius 3 is 2.08 bits per heavy atom. The maximum atomic E-state index is 6.94. The summed E-state index contributed by atoms with van der Waals surface area (Å²) in [4.78, 5) is 2.20. The van der Waals surface area contributed by atoms with E-state index in [0.29, 0.717) is 0 Å². The first-order chi connectivity index (χ1) is 9.66. The van der Waals surface area contributed by atoms with Crippen LogP contribution < -0.4 is 24.8 Å². The van der Waals surface area contributed by atoms with Crippen LogP contribution in [0.15, 0.2) is 42.0 Å². The summed E-state index contributed by atoms with van der Waals surface area (Å²) in [6.45, 7) is 10.7. The fourth-order valence-electron chi connectivity index (χ4n) is 2.08. The molecule has 0 heterocycles. The second kappa shape index (κ2) is 13.1. The second-order valence-electron chi connectivity index (χ2n) is 6.80. The molecule has 0 spiro atoms. The molecule has 0 radical (unpaired) electrons. The summed E-state index contributed by atoms with van der Waals surface area (Å²) in [5.41, 5.74) is 11.9. The first-order valence-corrected chi connectivity index (χ1v) is 7.37. The Bertz CT molecular complexity index is 526. The van der Waals surface area contributed by atoms with Crippen molar-refractivity contribution in [1.82, 2.24) is 4.90 Å². The minimum absolute atomic E-state index is 0. The second-order valence-corrected chi connectivity index (χ2v) is 6.80. The predicted octanol–water partition coefficient (Wildman–Crippen LogP) is -1.01. The first-order valence-electron chi connectivity index (χ1n) is 7.37. The molecule has 0 unspecified atom stereocenters. The van der Waals surface area contributed by atoms with Gasteiger partial charge in [-0.1, -0.05) is 44.6 Å². The zero-order valence-electron chi connectivity index (χ0n) is 15.3. The number of allylic oxidation sites excluding steroid dienone is 2. The summed E-state index contributed by atoms with van der Waals surface area (Å²) in [6, 6.07) is 8.34. The number of likely N-dealkylation sites (N-methyl/N-ethyl adjacent to an activating group) is 1.